The van der Waals surface area contributed by atoms with E-state index in [1.807, 2.05) is 0 Å². The zero-order chi connectivity index (χ0) is 20.3. The monoisotopic (exact) mass is 532 g/mol. The molecule has 0 amide bonds. The Labute approximate surface area is 204 Å². The van der Waals surface area contributed by atoms with Crippen LogP contribution in [0, 0.1) is 10.8 Å². The van der Waals surface area contributed by atoms with E-state index in [4.69, 9.17) is 0 Å². The topological polar surface area (TPSA) is 0 Å². The van der Waals surface area contributed by atoms with Gasteiger partial charge in [-0.15, -0.1) is 0 Å². The van der Waals surface area contributed by atoms with E-state index in [9.17, 15) is 0 Å². The Morgan fingerprint density at radius 2 is 0.967 bits per heavy atom. The van der Waals surface area contributed by atoms with Crippen LogP contribution >= 0.6 is 0 Å². The van der Waals surface area contributed by atoms with Crippen molar-refractivity contribution in [1.82, 2.24) is 0 Å². The summed E-state index contributed by atoms with van der Waals surface area (Å²) in [6.07, 6.45) is 5.05. The fourth-order valence-electron chi connectivity index (χ4n) is 4.91. The number of hydrogen-bond acceptors (Lipinski definition) is 0. The first-order chi connectivity index (χ1) is 13.1. The van der Waals surface area contributed by atoms with Gasteiger partial charge in [-0.2, -0.15) is 0 Å². The summed E-state index contributed by atoms with van der Waals surface area (Å²) in [5.74, 6) is 0. The van der Waals surface area contributed by atoms with E-state index in [1.165, 1.54) is 11.1 Å². The van der Waals surface area contributed by atoms with Gasteiger partial charge in [0.15, 0.2) is 0 Å². The fourth-order valence-corrected chi connectivity index (χ4v) is 18.7. The summed E-state index contributed by atoms with van der Waals surface area (Å²) in [6.45, 7) is 16.8. The molecule has 0 aromatic heterocycles. The van der Waals surface area contributed by atoms with Crippen LogP contribution in [0.5, 0.6) is 0 Å². The molecule has 0 saturated heterocycles. The molecule has 2 unspecified atom stereocenters. The molecule has 0 radical (unpaired) electrons. The van der Waals surface area contributed by atoms with Crippen molar-refractivity contribution in [3.8, 4) is 0 Å². The van der Waals surface area contributed by atoms with Crippen LogP contribution in [-0.4, -0.2) is 6.88 Å². The van der Waals surface area contributed by atoms with Crippen LogP contribution in [0.25, 0.3) is 12.2 Å². The molecule has 4 rings (SSSR count). The summed E-state index contributed by atoms with van der Waals surface area (Å²) >= 11 is -1.93. The number of rotatable bonds is 2. The third-order valence-corrected chi connectivity index (χ3v) is 17.9. The Morgan fingerprint density at radius 3 is 1.30 bits per heavy atom. The molecular weight excluding hydrogens is 503 g/mol. The second kappa shape index (κ2) is 9.22. The maximum atomic E-state index is 2.52. The van der Waals surface area contributed by atoms with Crippen LogP contribution in [0.2, 0.25) is 0 Å². The summed E-state index contributed by atoms with van der Waals surface area (Å²) in [6, 6.07) is 18.3. The molecule has 2 aromatic rings. The van der Waals surface area contributed by atoms with Gasteiger partial charge in [-0.05, 0) is 0 Å². The van der Waals surface area contributed by atoms with Crippen LogP contribution in [0.3, 0.4) is 0 Å². The van der Waals surface area contributed by atoms with Gasteiger partial charge in [-0.3, -0.25) is 0 Å². The third-order valence-electron chi connectivity index (χ3n) is 6.33. The smallest absolute Gasteiger partial charge is 1.00 e. The average Bonchev–Trinajstić information content (AvgIpc) is 3.19. The Balaban J connectivity index is 0.00000160. The molecule has 0 heterocycles. The van der Waals surface area contributed by atoms with Crippen molar-refractivity contribution in [3.63, 3.8) is 0 Å². The van der Waals surface area contributed by atoms with Crippen molar-refractivity contribution in [2.75, 3.05) is 0 Å². The van der Waals surface area contributed by atoms with E-state index < -0.39 is 20.4 Å². The molecule has 0 bridgehead atoms. The maximum Gasteiger partial charge on any atom is -1.00 e. The minimum Gasteiger partial charge on any atom is -1.00 e. The van der Waals surface area contributed by atoms with Crippen LogP contribution in [-0.2, 0) is 20.4 Å². The van der Waals surface area contributed by atoms with Crippen molar-refractivity contribution in [2.45, 2.75) is 48.8 Å². The van der Waals surface area contributed by atoms with E-state index in [0.717, 1.165) is 0 Å². The van der Waals surface area contributed by atoms with Gasteiger partial charge in [-0.25, -0.2) is 0 Å². The van der Waals surface area contributed by atoms with Crippen LogP contribution in [0.1, 0.15) is 71.0 Å². The first-order valence-corrected chi connectivity index (χ1v) is 19.2. The Hall–Kier alpha value is -0.400. The molecule has 4 heteroatoms. The largest absolute Gasteiger partial charge is 1.00 e. The quantitative estimate of drug-likeness (QED) is 0.494. The first-order valence-electron chi connectivity index (χ1n) is 10.4. The number of benzene rings is 2. The normalized spacial score (nSPS) is 19.4. The van der Waals surface area contributed by atoms with Crippen molar-refractivity contribution in [1.29, 1.82) is 0 Å². The SMILES string of the molecule is CC(C)(C)C1=Cc2ccccc2[CH]1[Zr+2](=[SiH2])[CH]1C(C(C)(C)C)=Cc2ccccc21.[Cl-].[Cl-]. The summed E-state index contributed by atoms with van der Waals surface area (Å²) in [5, 5.41) is 0. The van der Waals surface area contributed by atoms with E-state index in [1.54, 1.807) is 22.3 Å². The maximum absolute atomic E-state index is 2.52. The number of halogens is 2. The molecule has 0 nitrogen and oxygen atoms in total. The van der Waals surface area contributed by atoms with E-state index in [2.05, 4.69) is 109 Å². The van der Waals surface area contributed by atoms with E-state index >= 15 is 0 Å². The van der Waals surface area contributed by atoms with Crippen molar-refractivity contribution < 1.29 is 45.2 Å². The van der Waals surface area contributed by atoms with Crippen LogP contribution in [0.15, 0.2) is 59.7 Å². The summed E-state index contributed by atoms with van der Waals surface area (Å²) in [7, 11) is 0. The zero-order valence-corrected chi connectivity index (χ0v) is 24.3. The van der Waals surface area contributed by atoms with Gasteiger partial charge < -0.3 is 24.8 Å². The second-order valence-corrected chi connectivity index (χ2v) is 20.9. The summed E-state index contributed by atoms with van der Waals surface area (Å²) in [5.41, 5.74) is 9.94. The predicted octanol–water partition coefficient (Wildman–Crippen LogP) is 0.530. The van der Waals surface area contributed by atoms with Gasteiger partial charge in [0.2, 0.25) is 0 Å². The third kappa shape index (κ3) is 4.54. The second-order valence-electron chi connectivity index (χ2n) is 10.4. The molecule has 0 N–H and O–H groups in total. The zero-order valence-electron chi connectivity index (χ0n) is 18.9. The number of fused-ring (bicyclic) bond motifs is 2. The van der Waals surface area contributed by atoms with Gasteiger partial charge in [0, 0.05) is 0 Å². The van der Waals surface area contributed by atoms with Crippen molar-refractivity contribution >= 4 is 19.0 Å². The molecular formula is C26H32Cl2SiZr. The Bertz CT molecular complexity index is 940. The number of hydrogen-bond donors (Lipinski definition) is 0. The van der Waals surface area contributed by atoms with Gasteiger partial charge in [-0.1, -0.05) is 0 Å². The minimum atomic E-state index is -1.93. The molecule has 2 atom stereocenters. The van der Waals surface area contributed by atoms with Crippen molar-refractivity contribution in [2.24, 2.45) is 10.8 Å². The predicted molar refractivity (Wildman–Crippen MR) is 122 cm³/mol. The van der Waals surface area contributed by atoms with Gasteiger partial charge in [0.25, 0.3) is 0 Å². The van der Waals surface area contributed by atoms with E-state index in [0.29, 0.717) is 7.25 Å². The van der Waals surface area contributed by atoms with Gasteiger partial charge in [0.1, 0.15) is 0 Å². The molecule has 0 aliphatic heterocycles. The molecule has 0 fully saturated rings. The Morgan fingerprint density at radius 1 is 0.633 bits per heavy atom. The average molecular weight is 535 g/mol. The Kier molecular flexibility index (Phi) is 7.95. The first kappa shape index (κ1) is 25.9. The van der Waals surface area contributed by atoms with Crippen LogP contribution < -0.4 is 24.8 Å². The summed E-state index contributed by atoms with van der Waals surface area (Å²) in [4.78, 5) is 0. The molecule has 30 heavy (non-hydrogen) atoms. The summed E-state index contributed by atoms with van der Waals surface area (Å²) < 4.78 is 1.36. The standard InChI is InChI=1S/2C13H15.2ClH.H2Si.Zr/c2*1-13(2,3)12-8-10-6-4-5-7-11(10)9-12;;;;/h2*4-9H,1-3H3;2*1H;1H2;/q;;;;;+2/p-2. The molecule has 2 aromatic carbocycles. The van der Waals surface area contributed by atoms with E-state index in [-0.39, 0.29) is 35.6 Å². The minimum absolute atomic E-state index is 0. The van der Waals surface area contributed by atoms with Crippen LogP contribution in [0.4, 0.5) is 0 Å². The molecule has 0 spiro atoms. The van der Waals surface area contributed by atoms with Crippen molar-refractivity contribution in [3.05, 3.63) is 81.9 Å². The van der Waals surface area contributed by atoms with Gasteiger partial charge in [0.05, 0.1) is 0 Å². The number of allylic oxidation sites excluding steroid dienone is 2. The molecule has 158 valence electrons. The van der Waals surface area contributed by atoms with Gasteiger partial charge >= 0.3 is 181 Å². The fraction of sp³-hybridized carbons (Fsp3) is 0.385. The molecule has 2 aliphatic carbocycles. The molecule has 2 aliphatic rings. The molecule has 0 saturated carbocycles.